The van der Waals surface area contributed by atoms with Gasteiger partial charge in [-0.25, -0.2) is 18.6 Å². The molecule has 11 heteroatoms. The van der Waals surface area contributed by atoms with Crippen LogP contribution in [0.15, 0.2) is 30.5 Å². The van der Waals surface area contributed by atoms with Crippen molar-refractivity contribution < 1.29 is 27.9 Å². The van der Waals surface area contributed by atoms with E-state index in [4.69, 9.17) is 4.74 Å². The summed E-state index contributed by atoms with van der Waals surface area (Å²) < 4.78 is 34.6. The summed E-state index contributed by atoms with van der Waals surface area (Å²) in [7, 11) is 1.25. The van der Waals surface area contributed by atoms with E-state index in [-0.39, 0.29) is 22.8 Å². The number of ether oxygens (including phenoxy) is 1. The molecule has 9 nitrogen and oxygen atoms in total. The fourth-order valence-corrected chi connectivity index (χ4v) is 4.67. The van der Waals surface area contributed by atoms with E-state index in [1.165, 1.54) is 25.3 Å². The Balaban J connectivity index is 1.56. The number of nitrogens with one attached hydrogen (secondary N) is 2. The zero-order valence-corrected chi connectivity index (χ0v) is 19.9. The molecule has 0 bridgehead atoms. The third-order valence-electron chi connectivity index (χ3n) is 6.43. The highest BCUT2D eigenvalue weighted by molar-refractivity contribution is 6.08. The minimum Gasteiger partial charge on any atom is -0.496 e. The number of pyridine rings is 1. The molecule has 4 amide bonds. The summed E-state index contributed by atoms with van der Waals surface area (Å²) in [6, 6.07) is 4.94. The van der Waals surface area contributed by atoms with Crippen LogP contribution in [0.3, 0.4) is 0 Å². The van der Waals surface area contributed by atoms with Gasteiger partial charge in [-0.05, 0) is 37.1 Å². The van der Waals surface area contributed by atoms with E-state index in [0.29, 0.717) is 33.1 Å². The van der Waals surface area contributed by atoms with Crippen molar-refractivity contribution in [2.24, 2.45) is 0 Å². The fraction of sp³-hybridized carbons (Fsp3) is 0.417. The molecule has 2 N–H and O–H groups in total. The number of piperazine rings is 1. The van der Waals surface area contributed by atoms with Crippen LogP contribution in [0.5, 0.6) is 5.75 Å². The molecule has 0 saturated carbocycles. The normalized spacial score (nSPS) is 20.5. The summed E-state index contributed by atoms with van der Waals surface area (Å²) >= 11 is 0. The number of alkyl halides is 2. The lowest BCUT2D eigenvalue weighted by Gasteiger charge is -2.36. The number of hydrogen-bond acceptors (Lipinski definition) is 6. The van der Waals surface area contributed by atoms with Crippen molar-refractivity contribution in [3.05, 3.63) is 52.7 Å². The Kier molecular flexibility index (Phi) is 6.12. The zero-order valence-electron chi connectivity index (χ0n) is 19.9. The quantitative estimate of drug-likeness (QED) is 0.628. The molecule has 2 saturated heterocycles. The number of anilines is 1. The Bertz CT molecular complexity index is 1190. The Morgan fingerprint density at radius 1 is 1.14 bits per heavy atom. The number of hydrogen-bond donors (Lipinski definition) is 2. The summed E-state index contributed by atoms with van der Waals surface area (Å²) in [5.41, 5.74) is -0.521. The number of rotatable bonds is 5. The van der Waals surface area contributed by atoms with Crippen LogP contribution >= 0.6 is 0 Å². The summed E-state index contributed by atoms with van der Waals surface area (Å²) in [6.07, 6.45) is 1.81. The predicted molar refractivity (Wildman–Crippen MR) is 124 cm³/mol. The second kappa shape index (κ2) is 8.79. The van der Waals surface area contributed by atoms with E-state index in [2.05, 4.69) is 21.3 Å². The molecule has 3 heterocycles. The first-order valence-electron chi connectivity index (χ1n) is 11.2. The third kappa shape index (κ3) is 4.15. The average molecular weight is 488 g/mol. The number of imide groups is 1. The van der Waals surface area contributed by atoms with E-state index in [1.54, 1.807) is 4.90 Å². The topological polar surface area (TPSA) is 104 Å². The van der Waals surface area contributed by atoms with Gasteiger partial charge in [-0.3, -0.25) is 14.9 Å². The molecule has 1 aromatic carbocycles. The molecule has 2 aliphatic rings. The van der Waals surface area contributed by atoms with Crippen LogP contribution in [0, 0.1) is 13.8 Å². The molecule has 1 atom stereocenters. The minimum absolute atomic E-state index is 0.104. The monoisotopic (exact) mass is 487 g/mol. The van der Waals surface area contributed by atoms with Gasteiger partial charge in [0.05, 0.1) is 7.11 Å². The number of benzene rings is 1. The highest BCUT2D eigenvalue weighted by atomic mass is 19.3. The molecule has 2 aliphatic heterocycles. The minimum atomic E-state index is -3.65. The number of carbonyl (C=O) groups is 3. The molecule has 2 fully saturated rings. The Labute approximate surface area is 201 Å². The molecule has 35 heavy (non-hydrogen) atoms. The van der Waals surface area contributed by atoms with Crippen LogP contribution in [0.1, 0.15) is 34.0 Å². The number of halogens is 2. The highest BCUT2D eigenvalue weighted by Gasteiger charge is 2.63. The van der Waals surface area contributed by atoms with Gasteiger partial charge >= 0.3 is 6.03 Å². The second-order valence-corrected chi connectivity index (χ2v) is 8.89. The fourth-order valence-electron chi connectivity index (χ4n) is 4.67. The predicted octanol–water partition coefficient (Wildman–Crippen LogP) is 2.36. The van der Waals surface area contributed by atoms with Crippen molar-refractivity contribution in [1.82, 2.24) is 20.5 Å². The van der Waals surface area contributed by atoms with E-state index >= 15 is 0 Å². The van der Waals surface area contributed by atoms with Crippen LogP contribution in [0.4, 0.5) is 19.4 Å². The van der Waals surface area contributed by atoms with Crippen LogP contribution in [-0.4, -0.2) is 66.9 Å². The standard InChI is InChI=1S/C24H27F2N5O4/c1-14-11-15(2)19(27-13-14)30-7-9-31(10-8-30)20(32)16-5-6-17(18(12-16)35-4)24(23(3,25)26)21(33)28-22(34)29-24/h5-6,11-13H,7-10H2,1-4H3,(H2,28,29,33,34). The molecular formula is C24H27F2N5O4. The summed E-state index contributed by atoms with van der Waals surface area (Å²) in [6.45, 7) is 6.61. The number of aromatic nitrogens is 1. The molecule has 1 aromatic heterocycles. The zero-order chi connectivity index (χ0) is 25.5. The molecule has 0 spiro atoms. The molecule has 4 rings (SSSR count). The lowest BCUT2D eigenvalue weighted by molar-refractivity contribution is -0.140. The summed E-state index contributed by atoms with van der Waals surface area (Å²) in [5, 5.41) is 3.92. The maximum Gasteiger partial charge on any atom is 0.322 e. The van der Waals surface area contributed by atoms with Crippen molar-refractivity contribution in [3.8, 4) is 5.75 Å². The Hall–Kier alpha value is -3.76. The van der Waals surface area contributed by atoms with Crippen LogP contribution in [-0.2, 0) is 10.3 Å². The van der Waals surface area contributed by atoms with Gasteiger partial charge in [-0.15, -0.1) is 0 Å². The van der Waals surface area contributed by atoms with Crippen LogP contribution in [0.25, 0.3) is 0 Å². The lowest BCUT2D eigenvalue weighted by Crippen LogP contribution is -2.56. The van der Waals surface area contributed by atoms with Gasteiger partial charge in [0.2, 0.25) is 5.54 Å². The van der Waals surface area contributed by atoms with E-state index < -0.39 is 23.4 Å². The molecule has 0 radical (unpaired) electrons. The van der Waals surface area contributed by atoms with Crippen molar-refractivity contribution in [2.75, 3.05) is 38.2 Å². The van der Waals surface area contributed by atoms with E-state index in [1.807, 2.05) is 25.4 Å². The maximum atomic E-state index is 14.7. The van der Waals surface area contributed by atoms with E-state index in [0.717, 1.165) is 16.9 Å². The number of nitrogens with zero attached hydrogens (tertiary/aromatic N) is 3. The number of carbonyl (C=O) groups excluding carboxylic acids is 3. The summed E-state index contributed by atoms with van der Waals surface area (Å²) in [5.74, 6) is -4.35. The Morgan fingerprint density at radius 2 is 1.83 bits per heavy atom. The molecule has 2 aromatic rings. The van der Waals surface area contributed by atoms with Gasteiger partial charge in [0.1, 0.15) is 11.6 Å². The smallest absolute Gasteiger partial charge is 0.322 e. The van der Waals surface area contributed by atoms with Crippen LogP contribution in [0.2, 0.25) is 0 Å². The van der Waals surface area contributed by atoms with E-state index in [9.17, 15) is 23.2 Å². The number of urea groups is 1. The maximum absolute atomic E-state index is 14.7. The van der Waals surface area contributed by atoms with Gasteiger partial charge in [-0.2, -0.15) is 0 Å². The number of methoxy groups -OCH3 is 1. The van der Waals surface area contributed by atoms with Gasteiger partial charge < -0.3 is 19.9 Å². The van der Waals surface area contributed by atoms with Gasteiger partial charge in [-0.1, -0.05) is 12.1 Å². The summed E-state index contributed by atoms with van der Waals surface area (Å²) in [4.78, 5) is 45.7. The van der Waals surface area contributed by atoms with Crippen molar-refractivity contribution in [3.63, 3.8) is 0 Å². The number of aryl methyl sites for hydroxylation is 2. The first kappa shape index (κ1) is 24.4. The first-order chi connectivity index (χ1) is 16.5. The van der Waals surface area contributed by atoms with Crippen molar-refractivity contribution in [2.45, 2.75) is 32.2 Å². The van der Waals surface area contributed by atoms with Gasteiger partial charge in [0, 0.05) is 50.4 Å². The molecule has 0 aliphatic carbocycles. The second-order valence-electron chi connectivity index (χ2n) is 8.89. The van der Waals surface area contributed by atoms with Crippen LogP contribution < -0.4 is 20.3 Å². The SMILES string of the molecule is COc1cc(C(=O)N2CCN(c3ncc(C)cc3C)CC2)ccc1C1(C(C)(F)F)NC(=O)NC1=O. The van der Waals surface area contributed by atoms with Gasteiger partial charge in [0.25, 0.3) is 17.7 Å². The lowest BCUT2D eigenvalue weighted by atomic mass is 9.83. The third-order valence-corrected chi connectivity index (χ3v) is 6.43. The highest BCUT2D eigenvalue weighted by Crippen LogP contribution is 2.44. The molecular weight excluding hydrogens is 460 g/mol. The van der Waals surface area contributed by atoms with Crippen molar-refractivity contribution >= 4 is 23.7 Å². The molecule has 186 valence electrons. The Morgan fingerprint density at radius 3 is 2.37 bits per heavy atom. The number of amides is 4. The first-order valence-corrected chi connectivity index (χ1v) is 11.2. The van der Waals surface area contributed by atoms with Gasteiger partial charge in [0.15, 0.2) is 0 Å². The average Bonchev–Trinajstić information content (AvgIpc) is 3.13. The molecule has 1 unspecified atom stereocenters. The largest absolute Gasteiger partial charge is 0.496 e. The van der Waals surface area contributed by atoms with Crippen molar-refractivity contribution in [1.29, 1.82) is 0 Å².